The molecule has 2 nitrogen and oxygen atoms in total. The molecule has 0 atom stereocenters. The van der Waals surface area contributed by atoms with E-state index >= 15 is 0 Å². The summed E-state index contributed by atoms with van der Waals surface area (Å²) in [5, 5.41) is 0. The van der Waals surface area contributed by atoms with Crippen molar-refractivity contribution < 1.29 is 4.74 Å². The number of benzene rings is 2. The molecule has 2 N–H and O–H groups in total. The molecule has 0 aliphatic carbocycles. The fourth-order valence-corrected chi connectivity index (χ4v) is 1.73. The van der Waals surface area contributed by atoms with Crippen LogP contribution in [-0.4, -0.2) is 0 Å². The lowest BCUT2D eigenvalue weighted by Gasteiger charge is -2.13. The molecule has 0 aliphatic heterocycles. The van der Waals surface area contributed by atoms with Gasteiger partial charge in [-0.25, -0.2) is 0 Å². The number of para-hydroxylation sites is 1. The number of rotatable bonds is 3. The first-order chi connectivity index (χ1) is 8.22. The van der Waals surface area contributed by atoms with Crippen LogP contribution in [0.15, 0.2) is 42.5 Å². The van der Waals surface area contributed by atoms with Crippen LogP contribution in [0.25, 0.3) is 0 Å². The summed E-state index contributed by atoms with van der Waals surface area (Å²) in [5.74, 6) is 1.73. The van der Waals surface area contributed by atoms with Crippen molar-refractivity contribution in [3.63, 3.8) is 0 Å². The van der Waals surface area contributed by atoms with Gasteiger partial charge in [0, 0.05) is 12.1 Å². The standard InChI is InChI=1S/C15H17NO/c1-11-6-5-9-14(12(11)2)17-15-8-4-3-7-13(15)10-16/h3-9H,10,16H2,1-2H3. The molecule has 17 heavy (non-hydrogen) atoms. The van der Waals surface area contributed by atoms with Crippen molar-refractivity contribution in [1.29, 1.82) is 0 Å². The Kier molecular flexibility index (Phi) is 3.45. The van der Waals surface area contributed by atoms with Gasteiger partial charge in [0.2, 0.25) is 0 Å². The van der Waals surface area contributed by atoms with Gasteiger partial charge in [-0.3, -0.25) is 0 Å². The van der Waals surface area contributed by atoms with E-state index in [0.717, 1.165) is 17.1 Å². The Labute approximate surface area is 102 Å². The monoisotopic (exact) mass is 227 g/mol. The van der Waals surface area contributed by atoms with Crippen molar-refractivity contribution in [1.82, 2.24) is 0 Å². The van der Waals surface area contributed by atoms with E-state index in [1.54, 1.807) is 0 Å². The normalized spacial score (nSPS) is 10.3. The third-order valence-electron chi connectivity index (χ3n) is 2.97. The maximum Gasteiger partial charge on any atom is 0.131 e. The topological polar surface area (TPSA) is 35.2 Å². The predicted molar refractivity (Wildman–Crippen MR) is 70.3 cm³/mol. The molecule has 2 rings (SSSR count). The molecule has 0 aromatic heterocycles. The van der Waals surface area contributed by atoms with Gasteiger partial charge >= 0.3 is 0 Å². The number of aryl methyl sites for hydroxylation is 1. The molecule has 88 valence electrons. The smallest absolute Gasteiger partial charge is 0.131 e. The SMILES string of the molecule is Cc1cccc(Oc2ccccc2CN)c1C. The molecule has 0 amide bonds. The lowest BCUT2D eigenvalue weighted by atomic mass is 10.1. The Morgan fingerprint density at radius 2 is 1.65 bits per heavy atom. The minimum Gasteiger partial charge on any atom is -0.457 e. The van der Waals surface area contributed by atoms with E-state index in [1.807, 2.05) is 36.4 Å². The maximum atomic E-state index is 5.93. The molecule has 2 aromatic rings. The van der Waals surface area contributed by atoms with E-state index in [0.29, 0.717) is 6.54 Å². The van der Waals surface area contributed by atoms with Crippen LogP contribution in [0.3, 0.4) is 0 Å². The van der Waals surface area contributed by atoms with Crippen LogP contribution in [0.1, 0.15) is 16.7 Å². The molecule has 2 heteroatoms. The average molecular weight is 227 g/mol. The van der Waals surface area contributed by atoms with E-state index < -0.39 is 0 Å². The number of hydrogen-bond acceptors (Lipinski definition) is 2. The van der Waals surface area contributed by atoms with Gasteiger partial charge in [0.05, 0.1) is 0 Å². The summed E-state index contributed by atoms with van der Waals surface area (Å²) in [6, 6.07) is 13.9. The largest absolute Gasteiger partial charge is 0.457 e. The summed E-state index contributed by atoms with van der Waals surface area (Å²) in [6.07, 6.45) is 0. The minimum absolute atomic E-state index is 0.487. The molecule has 0 bridgehead atoms. The molecule has 0 aliphatic rings. The lowest BCUT2D eigenvalue weighted by Crippen LogP contribution is -1.99. The number of ether oxygens (including phenoxy) is 1. The molecule has 2 aromatic carbocycles. The second kappa shape index (κ2) is 5.02. The Balaban J connectivity index is 2.35. The number of hydrogen-bond donors (Lipinski definition) is 1. The van der Waals surface area contributed by atoms with Crippen LogP contribution >= 0.6 is 0 Å². The molecule has 0 spiro atoms. The van der Waals surface area contributed by atoms with E-state index in [4.69, 9.17) is 10.5 Å². The summed E-state index contributed by atoms with van der Waals surface area (Å²) in [7, 11) is 0. The molecular weight excluding hydrogens is 210 g/mol. The first-order valence-corrected chi connectivity index (χ1v) is 5.74. The van der Waals surface area contributed by atoms with Crippen LogP contribution in [0.4, 0.5) is 0 Å². The summed E-state index contributed by atoms with van der Waals surface area (Å²) >= 11 is 0. The minimum atomic E-state index is 0.487. The van der Waals surface area contributed by atoms with E-state index in [1.165, 1.54) is 11.1 Å². The fraction of sp³-hybridized carbons (Fsp3) is 0.200. The Morgan fingerprint density at radius 3 is 2.41 bits per heavy atom. The van der Waals surface area contributed by atoms with E-state index in [-0.39, 0.29) is 0 Å². The van der Waals surface area contributed by atoms with Gasteiger partial charge in [-0.05, 0) is 37.1 Å². The van der Waals surface area contributed by atoms with Gasteiger partial charge in [-0.1, -0.05) is 30.3 Å². The molecule has 0 unspecified atom stereocenters. The van der Waals surface area contributed by atoms with Crippen LogP contribution in [-0.2, 0) is 6.54 Å². The predicted octanol–water partition coefficient (Wildman–Crippen LogP) is 3.55. The van der Waals surface area contributed by atoms with Crippen molar-refractivity contribution in [2.75, 3.05) is 0 Å². The average Bonchev–Trinajstić information content (AvgIpc) is 2.35. The van der Waals surface area contributed by atoms with E-state index in [2.05, 4.69) is 19.9 Å². The molecule has 0 heterocycles. The molecule has 0 fully saturated rings. The second-order valence-electron chi connectivity index (χ2n) is 4.11. The first-order valence-electron chi connectivity index (χ1n) is 5.74. The van der Waals surface area contributed by atoms with E-state index in [9.17, 15) is 0 Å². The van der Waals surface area contributed by atoms with Gasteiger partial charge < -0.3 is 10.5 Å². The highest BCUT2D eigenvalue weighted by Gasteiger charge is 2.06. The Morgan fingerprint density at radius 1 is 0.941 bits per heavy atom. The summed E-state index contributed by atoms with van der Waals surface area (Å²) in [5.41, 5.74) is 9.11. The second-order valence-corrected chi connectivity index (χ2v) is 4.11. The molecule has 0 radical (unpaired) electrons. The van der Waals surface area contributed by atoms with Gasteiger partial charge in [0.1, 0.15) is 11.5 Å². The number of nitrogens with two attached hydrogens (primary N) is 1. The van der Waals surface area contributed by atoms with Gasteiger partial charge in [0.15, 0.2) is 0 Å². The van der Waals surface area contributed by atoms with Crippen molar-refractivity contribution in [2.45, 2.75) is 20.4 Å². The van der Waals surface area contributed by atoms with Crippen LogP contribution in [0, 0.1) is 13.8 Å². The lowest BCUT2D eigenvalue weighted by molar-refractivity contribution is 0.472. The van der Waals surface area contributed by atoms with Crippen LogP contribution in [0.5, 0.6) is 11.5 Å². The molecule has 0 saturated heterocycles. The molecule has 0 saturated carbocycles. The third kappa shape index (κ3) is 2.48. The van der Waals surface area contributed by atoms with Gasteiger partial charge in [-0.15, -0.1) is 0 Å². The highest BCUT2D eigenvalue weighted by Crippen LogP contribution is 2.28. The zero-order chi connectivity index (χ0) is 12.3. The highest BCUT2D eigenvalue weighted by atomic mass is 16.5. The summed E-state index contributed by atoms with van der Waals surface area (Å²) < 4.78 is 5.93. The Bertz CT molecular complexity index is 520. The maximum absolute atomic E-state index is 5.93. The van der Waals surface area contributed by atoms with Crippen molar-refractivity contribution in [2.24, 2.45) is 5.73 Å². The zero-order valence-corrected chi connectivity index (χ0v) is 10.2. The first kappa shape index (κ1) is 11.7. The highest BCUT2D eigenvalue weighted by molar-refractivity contribution is 5.43. The van der Waals surface area contributed by atoms with Crippen LogP contribution < -0.4 is 10.5 Å². The summed E-state index contributed by atoms with van der Waals surface area (Å²) in [4.78, 5) is 0. The fourth-order valence-electron chi connectivity index (χ4n) is 1.73. The summed E-state index contributed by atoms with van der Waals surface area (Å²) in [6.45, 7) is 4.63. The third-order valence-corrected chi connectivity index (χ3v) is 2.97. The van der Waals surface area contributed by atoms with Crippen molar-refractivity contribution in [3.8, 4) is 11.5 Å². The Hall–Kier alpha value is -1.80. The quantitative estimate of drug-likeness (QED) is 0.870. The van der Waals surface area contributed by atoms with Crippen molar-refractivity contribution in [3.05, 3.63) is 59.2 Å². The van der Waals surface area contributed by atoms with Gasteiger partial charge in [0.25, 0.3) is 0 Å². The molecular formula is C15H17NO. The zero-order valence-electron chi connectivity index (χ0n) is 10.2. The van der Waals surface area contributed by atoms with Gasteiger partial charge in [-0.2, -0.15) is 0 Å². The van der Waals surface area contributed by atoms with Crippen molar-refractivity contribution >= 4 is 0 Å². The van der Waals surface area contributed by atoms with Crippen LogP contribution in [0.2, 0.25) is 0 Å².